The monoisotopic (exact) mass is 206 g/mol. The Morgan fingerprint density at radius 3 is 3.21 bits per heavy atom. The highest BCUT2D eigenvalue weighted by molar-refractivity contribution is 7.10. The van der Waals surface area contributed by atoms with Crippen LogP contribution >= 0.6 is 11.3 Å². The molecule has 0 N–H and O–H groups in total. The number of hydrogen-bond donors (Lipinski definition) is 0. The first-order valence-electron chi connectivity index (χ1n) is 4.73. The van der Waals surface area contributed by atoms with Crippen LogP contribution in [0.1, 0.15) is 17.4 Å². The molecule has 1 aromatic rings. The molecule has 0 bridgehead atoms. The SMILES string of the molecule is O=C1C=C2CO[C@H](c3cccs3)[C@H]2C1. The lowest BCUT2D eigenvalue weighted by Crippen LogP contribution is -2.06. The molecule has 2 nitrogen and oxygen atoms in total. The molecule has 1 aliphatic heterocycles. The maximum absolute atomic E-state index is 11.2. The minimum atomic E-state index is 0.132. The van der Waals surface area contributed by atoms with Crippen molar-refractivity contribution in [1.82, 2.24) is 0 Å². The molecule has 1 aromatic heterocycles. The van der Waals surface area contributed by atoms with Gasteiger partial charge in [0.05, 0.1) is 12.7 Å². The van der Waals surface area contributed by atoms with E-state index in [1.807, 2.05) is 6.07 Å². The molecule has 2 atom stereocenters. The van der Waals surface area contributed by atoms with Crippen LogP contribution in [-0.4, -0.2) is 12.4 Å². The largest absolute Gasteiger partial charge is 0.368 e. The van der Waals surface area contributed by atoms with Crippen molar-refractivity contribution in [1.29, 1.82) is 0 Å². The number of rotatable bonds is 1. The highest BCUT2D eigenvalue weighted by atomic mass is 32.1. The van der Waals surface area contributed by atoms with Crippen molar-refractivity contribution < 1.29 is 9.53 Å². The zero-order chi connectivity index (χ0) is 9.54. The van der Waals surface area contributed by atoms with Gasteiger partial charge in [-0.2, -0.15) is 0 Å². The third kappa shape index (κ3) is 1.16. The maximum Gasteiger partial charge on any atom is 0.156 e. The van der Waals surface area contributed by atoms with E-state index in [0.29, 0.717) is 18.9 Å². The fourth-order valence-corrected chi connectivity index (χ4v) is 3.04. The fourth-order valence-electron chi connectivity index (χ4n) is 2.21. The van der Waals surface area contributed by atoms with E-state index in [2.05, 4.69) is 11.4 Å². The number of ketones is 1. The minimum Gasteiger partial charge on any atom is -0.368 e. The van der Waals surface area contributed by atoms with E-state index in [9.17, 15) is 4.79 Å². The lowest BCUT2D eigenvalue weighted by molar-refractivity contribution is -0.115. The summed E-state index contributed by atoms with van der Waals surface area (Å²) in [6, 6.07) is 4.11. The van der Waals surface area contributed by atoms with E-state index < -0.39 is 0 Å². The van der Waals surface area contributed by atoms with Gasteiger partial charge in [-0.1, -0.05) is 6.07 Å². The van der Waals surface area contributed by atoms with E-state index in [4.69, 9.17) is 4.74 Å². The molecule has 0 spiro atoms. The maximum atomic E-state index is 11.2. The highest BCUT2D eigenvalue weighted by Crippen LogP contribution is 2.44. The summed E-state index contributed by atoms with van der Waals surface area (Å²) in [5.41, 5.74) is 1.19. The molecule has 1 fully saturated rings. The molecule has 2 heterocycles. The average molecular weight is 206 g/mol. The summed E-state index contributed by atoms with van der Waals surface area (Å²) in [7, 11) is 0. The first kappa shape index (κ1) is 8.38. The number of fused-ring (bicyclic) bond motifs is 1. The van der Waals surface area contributed by atoms with E-state index in [-0.39, 0.29) is 11.9 Å². The zero-order valence-electron chi connectivity index (χ0n) is 7.60. The third-order valence-electron chi connectivity index (χ3n) is 2.86. The molecular formula is C11H10O2S. The van der Waals surface area contributed by atoms with Gasteiger partial charge in [0.2, 0.25) is 0 Å². The summed E-state index contributed by atoms with van der Waals surface area (Å²) in [4.78, 5) is 12.5. The first-order chi connectivity index (χ1) is 6.84. The van der Waals surface area contributed by atoms with Gasteiger partial charge >= 0.3 is 0 Å². The number of carbonyl (C=O) groups is 1. The molecule has 14 heavy (non-hydrogen) atoms. The van der Waals surface area contributed by atoms with Crippen molar-refractivity contribution >= 4 is 17.1 Å². The second kappa shape index (κ2) is 3.04. The van der Waals surface area contributed by atoms with Gasteiger partial charge in [0.25, 0.3) is 0 Å². The van der Waals surface area contributed by atoms with Gasteiger partial charge in [0.15, 0.2) is 5.78 Å². The predicted octanol–water partition coefficient (Wildman–Crippen LogP) is 2.33. The molecule has 0 saturated carbocycles. The van der Waals surface area contributed by atoms with Gasteiger partial charge in [0.1, 0.15) is 0 Å². The molecule has 3 rings (SSSR count). The Balaban J connectivity index is 1.92. The second-order valence-electron chi connectivity index (χ2n) is 3.74. The molecule has 3 heteroatoms. The molecule has 72 valence electrons. The Kier molecular flexibility index (Phi) is 1.82. The molecule has 0 radical (unpaired) electrons. The van der Waals surface area contributed by atoms with Gasteiger partial charge in [-0.25, -0.2) is 0 Å². The van der Waals surface area contributed by atoms with Gasteiger partial charge in [0, 0.05) is 17.2 Å². The summed E-state index contributed by atoms with van der Waals surface area (Å²) in [6.45, 7) is 0.638. The number of ether oxygens (including phenoxy) is 1. The number of allylic oxidation sites excluding steroid dienone is 1. The van der Waals surface area contributed by atoms with Crippen LogP contribution in [0.4, 0.5) is 0 Å². The van der Waals surface area contributed by atoms with Crippen LogP contribution < -0.4 is 0 Å². The van der Waals surface area contributed by atoms with Crippen molar-refractivity contribution in [3.63, 3.8) is 0 Å². The fraction of sp³-hybridized carbons (Fsp3) is 0.364. The van der Waals surface area contributed by atoms with Gasteiger partial charge in [-0.3, -0.25) is 4.79 Å². The molecule has 1 aliphatic carbocycles. The first-order valence-corrected chi connectivity index (χ1v) is 5.61. The normalized spacial score (nSPS) is 30.6. The quantitative estimate of drug-likeness (QED) is 0.705. The van der Waals surface area contributed by atoms with Crippen molar-refractivity contribution in [2.45, 2.75) is 12.5 Å². The summed E-state index contributed by atoms with van der Waals surface area (Å²) in [5, 5.41) is 2.05. The van der Waals surface area contributed by atoms with Gasteiger partial charge in [-0.05, 0) is 23.1 Å². The van der Waals surface area contributed by atoms with Crippen molar-refractivity contribution in [3.05, 3.63) is 34.0 Å². The van der Waals surface area contributed by atoms with Crippen LogP contribution in [0.3, 0.4) is 0 Å². The number of hydrogen-bond acceptors (Lipinski definition) is 3. The lowest BCUT2D eigenvalue weighted by Gasteiger charge is -2.13. The Hall–Kier alpha value is -0.930. The summed E-state index contributed by atoms with van der Waals surface area (Å²) >= 11 is 1.71. The van der Waals surface area contributed by atoms with Gasteiger partial charge < -0.3 is 4.74 Å². The molecule has 1 saturated heterocycles. The third-order valence-corrected chi connectivity index (χ3v) is 3.80. The average Bonchev–Trinajstić information content (AvgIpc) is 2.77. The smallest absolute Gasteiger partial charge is 0.156 e. The van der Waals surface area contributed by atoms with E-state index in [0.717, 1.165) is 0 Å². The van der Waals surface area contributed by atoms with Crippen LogP contribution in [0.25, 0.3) is 0 Å². The molecule has 0 amide bonds. The molecular weight excluding hydrogens is 196 g/mol. The summed E-state index contributed by atoms with van der Waals surface area (Å²) < 4.78 is 5.70. The Labute approximate surface area is 86.2 Å². The van der Waals surface area contributed by atoms with E-state index in [1.165, 1.54) is 10.5 Å². The number of thiophene rings is 1. The van der Waals surface area contributed by atoms with Crippen LogP contribution in [0.5, 0.6) is 0 Å². The highest BCUT2D eigenvalue weighted by Gasteiger charge is 2.39. The van der Waals surface area contributed by atoms with Crippen LogP contribution in [0.15, 0.2) is 29.2 Å². The minimum absolute atomic E-state index is 0.132. The van der Waals surface area contributed by atoms with E-state index in [1.54, 1.807) is 17.4 Å². The molecule has 0 aromatic carbocycles. The van der Waals surface area contributed by atoms with Crippen LogP contribution in [0.2, 0.25) is 0 Å². The topological polar surface area (TPSA) is 26.3 Å². The Bertz CT molecular complexity index is 391. The van der Waals surface area contributed by atoms with Crippen LogP contribution in [-0.2, 0) is 9.53 Å². The number of carbonyl (C=O) groups excluding carboxylic acids is 1. The van der Waals surface area contributed by atoms with Crippen molar-refractivity contribution in [3.8, 4) is 0 Å². The van der Waals surface area contributed by atoms with Crippen molar-refractivity contribution in [2.24, 2.45) is 5.92 Å². The molecule has 0 unspecified atom stereocenters. The Morgan fingerprint density at radius 1 is 1.50 bits per heavy atom. The molecule has 2 aliphatic rings. The van der Waals surface area contributed by atoms with E-state index >= 15 is 0 Å². The van der Waals surface area contributed by atoms with Crippen molar-refractivity contribution in [2.75, 3.05) is 6.61 Å². The second-order valence-corrected chi connectivity index (χ2v) is 4.72. The standard InChI is InChI=1S/C11H10O2S/c12-8-4-7-6-13-11(9(7)5-8)10-2-1-3-14-10/h1-4,9,11H,5-6H2/t9-,11-/m0/s1. The lowest BCUT2D eigenvalue weighted by atomic mass is 9.97. The summed E-state index contributed by atoms with van der Waals surface area (Å²) in [5.74, 6) is 0.580. The van der Waals surface area contributed by atoms with Gasteiger partial charge in [-0.15, -0.1) is 11.3 Å². The van der Waals surface area contributed by atoms with Crippen LogP contribution in [0, 0.1) is 5.92 Å². The Morgan fingerprint density at radius 2 is 2.43 bits per heavy atom. The summed E-state index contributed by atoms with van der Waals surface area (Å²) in [6.07, 6.45) is 2.53. The zero-order valence-corrected chi connectivity index (χ0v) is 8.42. The predicted molar refractivity (Wildman–Crippen MR) is 54.2 cm³/mol.